The number of nitrogens with zero attached hydrogens (tertiary/aromatic N) is 3. The number of imidazole rings is 1. The van der Waals surface area contributed by atoms with Gasteiger partial charge in [-0.2, -0.15) is 0 Å². The quantitative estimate of drug-likeness (QED) is 0.799. The van der Waals surface area contributed by atoms with Gasteiger partial charge in [-0.05, 0) is 37.6 Å². The molecule has 0 aliphatic heterocycles. The van der Waals surface area contributed by atoms with Crippen molar-refractivity contribution in [3.8, 4) is 5.75 Å². The van der Waals surface area contributed by atoms with Crippen molar-refractivity contribution in [2.45, 2.75) is 20.4 Å². The predicted octanol–water partition coefficient (Wildman–Crippen LogP) is 2.97. The van der Waals surface area contributed by atoms with Crippen molar-refractivity contribution in [2.75, 3.05) is 12.4 Å². The molecule has 1 aromatic carbocycles. The average Bonchev–Trinajstić information content (AvgIpc) is 2.81. The zero-order valence-corrected chi connectivity index (χ0v) is 12.4. The molecular formula is C16H18N4O. The first kappa shape index (κ1) is 13.4. The molecule has 3 rings (SSSR count). The highest BCUT2D eigenvalue weighted by Gasteiger charge is 2.08. The molecule has 0 radical (unpaired) electrons. The van der Waals surface area contributed by atoms with Crippen LogP contribution in [0.3, 0.4) is 0 Å². The lowest BCUT2D eigenvalue weighted by Crippen LogP contribution is -2.07. The molecule has 3 aromatic rings. The van der Waals surface area contributed by atoms with Gasteiger partial charge in [-0.15, -0.1) is 0 Å². The Morgan fingerprint density at radius 1 is 1.14 bits per heavy atom. The minimum absolute atomic E-state index is 0.701. The number of ether oxygens (including phenoxy) is 1. The Morgan fingerprint density at radius 3 is 2.62 bits per heavy atom. The summed E-state index contributed by atoms with van der Waals surface area (Å²) in [7, 11) is 1.67. The molecule has 0 aliphatic rings. The number of fused-ring (bicyclic) bond motifs is 1. The largest absolute Gasteiger partial charge is 0.497 e. The van der Waals surface area contributed by atoms with Gasteiger partial charge in [0.1, 0.15) is 11.6 Å². The normalized spacial score (nSPS) is 10.8. The van der Waals surface area contributed by atoms with Crippen LogP contribution in [0.5, 0.6) is 5.75 Å². The van der Waals surface area contributed by atoms with E-state index in [0.29, 0.717) is 6.54 Å². The fraction of sp³-hybridized carbons (Fsp3) is 0.250. The summed E-state index contributed by atoms with van der Waals surface area (Å²) in [6, 6.07) is 9.97. The highest BCUT2D eigenvalue weighted by atomic mass is 16.5. The highest BCUT2D eigenvalue weighted by Crippen LogP contribution is 2.17. The predicted molar refractivity (Wildman–Crippen MR) is 82.8 cm³/mol. The minimum atomic E-state index is 0.701. The number of rotatable bonds is 4. The van der Waals surface area contributed by atoms with Crippen molar-refractivity contribution in [1.29, 1.82) is 0 Å². The summed E-state index contributed by atoms with van der Waals surface area (Å²) in [5, 5.41) is 3.37. The van der Waals surface area contributed by atoms with Crippen molar-refractivity contribution in [3.05, 3.63) is 53.6 Å². The maximum Gasteiger partial charge on any atom is 0.209 e. The molecule has 5 heteroatoms. The summed E-state index contributed by atoms with van der Waals surface area (Å²) in [6.07, 6.45) is 1.81. The second-order valence-corrected chi connectivity index (χ2v) is 4.94. The number of aromatic nitrogens is 3. The Bertz CT molecular complexity index is 762. The first-order valence-electron chi connectivity index (χ1n) is 6.86. The summed E-state index contributed by atoms with van der Waals surface area (Å²) < 4.78 is 7.20. The van der Waals surface area contributed by atoms with Crippen molar-refractivity contribution >= 4 is 11.5 Å². The number of hydrogen-bond acceptors (Lipinski definition) is 4. The summed E-state index contributed by atoms with van der Waals surface area (Å²) in [6.45, 7) is 4.70. The number of methoxy groups -OCH3 is 1. The molecule has 2 aromatic heterocycles. The van der Waals surface area contributed by atoms with E-state index in [1.807, 2.05) is 48.6 Å². The molecule has 0 saturated heterocycles. The van der Waals surface area contributed by atoms with Crippen LogP contribution < -0.4 is 10.1 Å². The topological polar surface area (TPSA) is 51.5 Å². The molecule has 1 N–H and O–H groups in total. The van der Waals surface area contributed by atoms with Crippen LogP contribution in [0, 0.1) is 13.8 Å². The summed E-state index contributed by atoms with van der Waals surface area (Å²) in [4.78, 5) is 8.91. The Balaban J connectivity index is 1.84. The van der Waals surface area contributed by atoms with Crippen LogP contribution in [0.2, 0.25) is 0 Å². The Kier molecular flexibility index (Phi) is 3.48. The first-order valence-corrected chi connectivity index (χ1v) is 6.86. The van der Waals surface area contributed by atoms with Gasteiger partial charge in [0.15, 0.2) is 0 Å². The zero-order chi connectivity index (χ0) is 14.8. The summed E-state index contributed by atoms with van der Waals surface area (Å²) in [5.41, 5.74) is 3.27. The smallest absolute Gasteiger partial charge is 0.209 e. The zero-order valence-electron chi connectivity index (χ0n) is 12.4. The summed E-state index contributed by atoms with van der Waals surface area (Å²) in [5.74, 6) is 2.61. The number of aryl methyl sites for hydroxylation is 2. The van der Waals surface area contributed by atoms with E-state index in [2.05, 4.69) is 15.3 Å². The van der Waals surface area contributed by atoms with Crippen LogP contribution in [-0.2, 0) is 6.54 Å². The lowest BCUT2D eigenvalue weighted by Gasteiger charge is -2.09. The van der Waals surface area contributed by atoms with E-state index in [1.165, 1.54) is 5.56 Å². The molecule has 0 spiro atoms. The van der Waals surface area contributed by atoms with Gasteiger partial charge in [0.05, 0.1) is 18.3 Å². The molecular weight excluding hydrogens is 264 g/mol. The maximum absolute atomic E-state index is 5.16. The maximum atomic E-state index is 5.16. The van der Waals surface area contributed by atoms with Gasteiger partial charge in [-0.3, -0.25) is 4.40 Å². The van der Waals surface area contributed by atoms with E-state index < -0.39 is 0 Å². The lowest BCUT2D eigenvalue weighted by atomic mass is 10.2. The third-order valence-electron chi connectivity index (χ3n) is 3.52. The summed E-state index contributed by atoms with van der Waals surface area (Å²) >= 11 is 0. The van der Waals surface area contributed by atoms with Crippen molar-refractivity contribution in [3.63, 3.8) is 0 Å². The number of nitrogens with one attached hydrogen (secondary N) is 1. The fourth-order valence-electron chi connectivity index (χ4n) is 2.43. The van der Waals surface area contributed by atoms with E-state index >= 15 is 0 Å². The Labute approximate surface area is 123 Å². The van der Waals surface area contributed by atoms with Crippen LogP contribution in [0.25, 0.3) is 5.52 Å². The molecule has 108 valence electrons. The second-order valence-electron chi connectivity index (χ2n) is 4.94. The molecule has 0 saturated carbocycles. The van der Waals surface area contributed by atoms with E-state index in [1.54, 1.807) is 13.3 Å². The van der Waals surface area contributed by atoms with E-state index in [4.69, 9.17) is 4.74 Å². The van der Waals surface area contributed by atoms with E-state index in [0.717, 1.165) is 28.7 Å². The molecule has 0 unspecified atom stereocenters. The molecule has 2 heterocycles. The van der Waals surface area contributed by atoms with Crippen molar-refractivity contribution in [1.82, 2.24) is 14.4 Å². The van der Waals surface area contributed by atoms with Gasteiger partial charge in [0.2, 0.25) is 5.95 Å². The number of benzene rings is 1. The van der Waals surface area contributed by atoms with Gasteiger partial charge >= 0.3 is 0 Å². The molecule has 0 amide bonds. The third kappa shape index (κ3) is 2.54. The van der Waals surface area contributed by atoms with Crippen LogP contribution in [0.15, 0.2) is 36.5 Å². The molecule has 0 fully saturated rings. The average molecular weight is 282 g/mol. The van der Waals surface area contributed by atoms with Crippen LogP contribution in [0.4, 0.5) is 5.95 Å². The molecule has 0 aliphatic carbocycles. The van der Waals surface area contributed by atoms with E-state index in [-0.39, 0.29) is 0 Å². The van der Waals surface area contributed by atoms with E-state index in [9.17, 15) is 0 Å². The van der Waals surface area contributed by atoms with Gasteiger partial charge in [0.25, 0.3) is 0 Å². The second kappa shape index (κ2) is 5.44. The Hall–Kier alpha value is -2.56. The highest BCUT2D eigenvalue weighted by molar-refractivity contribution is 5.56. The lowest BCUT2D eigenvalue weighted by molar-refractivity contribution is 0.414. The van der Waals surface area contributed by atoms with Gasteiger partial charge < -0.3 is 10.1 Å². The van der Waals surface area contributed by atoms with Gasteiger partial charge in [0, 0.05) is 12.7 Å². The first-order chi connectivity index (χ1) is 10.2. The van der Waals surface area contributed by atoms with Crippen LogP contribution in [-0.4, -0.2) is 21.5 Å². The van der Waals surface area contributed by atoms with Gasteiger partial charge in [-0.25, -0.2) is 9.97 Å². The fourth-order valence-corrected chi connectivity index (χ4v) is 2.43. The number of hydrogen-bond donors (Lipinski definition) is 1. The standard InChI is InChI=1S/C16H18N4O/c1-11-15-8-9-17-16(20(15)12(2)19-11)18-10-13-4-6-14(21-3)7-5-13/h4-9H,10H2,1-3H3,(H,17,18). The third-order valence-corrected chi connectivity index (χ3v) is 3.52. The van der Waals surface area contributed by atoms with Crippen molar-refractivity contribution < 1.29 is 4.74 Å². The molecule has 0 bridgehead atoms. The molecule has 21 heavy (non-hydrogen) atoms. The number of anilines is 1. The van der Waals surface area contributed by atoms with Gasteiger partial charge in [-0.1, -0.05) is 12.1 Å². The minimum Gasteiger partial charge on any atom is -0.497 e. The van der Waals surface area contributed by atoms with Crippen LogP contribution in [0.1, 0.15) is 17.1 Å². The van der Waals surface area contributed by atoms with Crippen molar-refractivity contribution in [2.24, 2.45) is 0 Å². The SMILES string of the molecule is COc1ccc(CNc2nccc3c(C)nc(C)n23)cc1. The molecule has 5 nitrogen and oxygen atoms in total. The Morgan fingerprint density at radius 2 is 1.90 bits per heavy atom. The van der Waals surface area contributed by atoms with Crippen LogP contribution >= 0.6 is 0 Å². The molecule has 0 atom stereocenters. The monoisotopic (exact) mass is 282 g/mol.